The van der Waals surface area contributed by atoms with Crippen molar-refractivity contribution in [1.29, 1.82) is 0 Å². The van der Waals surface area contributed by atoms with Gasteiger partial charge in [-0.15, -0.1) is 0 Å². The van der Waals surface area contributed by atoms with Gasteiger partial charge in [-0.1, -0.05) is 6.07 Å². The topological polar surface area (TPSA) is 72.6 Å². The van der Waals surface area contributed by atoms with Crippen LogP contribution in [-0.2, 0) is 10.0 Å². The maximum absolute atomic E-state index is 12.1. The first-order chi connectivity index (χ1) is 8.05. The second-order valence-corrected chi connectivity index (χ2v) is 7.29. The first-order valence-electron chi connectivity index (χ1n) is 5.56. The highest BCUT2D eigenvalue weighted by molar-refractivity contribution is 7.89. The monoisotopic (exact) mass is 272 g/mol. The van der Waals surface area contributed by atoms with E-state index in [0.29, 0.717) is 5.75 Å². The van der Waals surface area contributed by atoms with Gasteiger partial charge < -0.3 is 10.5 Å². The van der Waals surface area contributed by atoms with Crippen molar-refractivity contribution in [3.05, 3.63) is 18.2 Å². The molecule has 102 valence electrons. The normalized spacial score (nSPS) is 12.8. The van der Waals surface area contributed by atoms with Gasteiger partial charge in [0.1, 0.15) is 16.2 Å². The summed E-state index contributed by atoms with van der Waals surface area (Å²) >= 11 is 0. The van der Waals surface area contributed by atoms with Gasteiger partial charge in [0.2, 0.25) is 10.0 Å². The van der Waals surface area contributed by atoms with Crippen LogP contribution in [0, 0.1) is 0 Å². The van der Waals surface area contributed by atoms with Crippen LogP contribution >= 0.6 is 0 Å². The van der Waals surface area contributed by atoms with Crippen LogP contribution in [0.1, 0.15) is 20.8 Å². The molecule has 0 aliphatic rings. The van der Waals surface area contributed by atoms with Crippen LogP contribution in [0.5, 0.6) is 5.75 Å². The fourth-order valence-corrected chi connectivity index (χ4v) is 2.39. The number of ether oxygens (including phenoxy) is 1. The Hall–Kier alpha value is -1.27. The minimum atomic E-state index is -3.56. The summed E-state index contributed by atoms with van der Waals surface area (Å²) in [5.74, 6) is 0.380. The largest absolute Gasteiger partial charge is 0.486 e. The molecule has 0 unspecified atom stereocenters. The molecular weight excluding hydrogens is 252 g/mol. The molecule has 0 aliphatic carbocycles. The van der Waals surface area contributed by atoms with Crippen molar-refractivity contribution in [2.24, 2.45) is 0 Å². The van der Waals surface area contributed by atoms with E-state index >= 15 is 0 Å². The zero-order valence-corrected chi connectivity index (χ0v) is 12.2. The van der Waals surface area contributed by atoms with Crippen molar-refractivity contribution >= 4 is 15.7 Å². The van der Waals surface area contributed by atoms with Gasteiger partial charge in [-0.25, -0.2) is 12.7 Å². The minimum Gasteiger partial charge on any atom is -0.486 e. The van der Waals surface area contributed by atoms with Gasteiger partial charge in [0.25, 0.3) is 0 Å². The number of hydrogen-bond donors (Lipinski definition) is 1. The molecule has 5 nitrogen and oxygen atoms in total. The highest BCUT2D eigenvalue weighted by Gasteiger charge is 2.23. The summed E-state index contributed by atoms with van der Waals surface area (Å²) < 4.78 is 30.9. The Labute approximate surface area is 109 Å². The lowest BCUT2D eigenvalue weighted by atomic mass is 10.2. The third-order valence-electron chi connectivity index (χ3n) is 2.20. The second-order valence-electron chi connectivity index (χ2n) is 5.17. The number of rotatable bonds is 3. The molecule has 1 aromatic carbocycles. The van der Waals surface area contributed by atoms with Crippen LogP contribution in [-0.4, -0.2) is 32.4 Å². The molecule has 6 heteroatoms. The molecule has 18 heavy (non-hydrogen) atoms. The van der Waals surface area contributed by atoms with Gasteiger partial charge in [0, 0.05) is 14.1 Å². The summed E-state index contributed by atoms with van der Waals surface area (Å²) in [4.78, 5) is 0.0641. The number of nitrogen functional groups attached to an aromatic ring is 1. The van der Waals surface area contributed by atoms with E-state index in [-0.39, 0.29) is 10.6 Å². The summed E-state index contributed by atoms with van der Waals surface area (Å²) in [5, 5.41) is 0. The van der Waals surface area contributed by atoms with E-state index in [9.17, 15) is 8.42 Å². The number of nitrogens with zero attached hydrogens (tertiary/aromatic N) is 1. The predicted octanol–water partition coefficient (Wildman–Crippen LogP) is 1.70. The van der Waals surface area contributed by atoms with Gasteiger partial charge in [0.15, 0.2) is 0 Å². The fourth-order valence-electron chi connectivity index (χ4n) is 1.36. The van der Waals surface area contributed by atoms with Gasteiger partial charge in [0.05, 0.1) is 5.69 Å². The van der Waals surface area contributed by atoms with Crippen molar-refractivity contribution in [3.63, 3.8) is 0 Å². The molecule has 0 amide bonds. The van der Waals surface area contributed by atoms with E-state index in [2.05, 4.69) is 0 Å². The van der Waals surface area contributed by atoms with E-state index in [4.69, 9.17) is 10.5 Å². The number of benzene rings is 1. The van der Waals surface area contributed by atoms with Crippen molar-refractivity contribution in [1.82, 2.24) is 4.31 Å². The Kier molecular flexibility index (Phi) is 3.92. The zero-order valence-electron chi connectivity index (χ0n) is 11.4. The first-order valence-corrected chi connectivity index (χ1v) is 7.00. The highest BCUT2D eigenvalue weighted by atomic mass is 32.2. The molecule has 0 radical (unpaired) electrons. The molecule has 1 aromatic rings. The molecular formula is C12H20N2O3S. The van der Waals surface area contributed by atoms with Crippen LogP contribution < -0.4 is 10.5 Å². The fraction of sp³-hybridized carbons (Fsp3) is 0.500. The molecule has 1 rings (SSSR count). The van der Waals surface area contributed by atoms with Crippen LogP contribution in [0.15, 0.2) is 23.1 Å². The lowest BCUT2D eigenvalue weighted by Crippen LogP contribution is -2.26. The van der Waals surface area contributed by atoms with Gasteiger partial charge >= 0.3 is 0 Å². The average Bonchev–Trinajstić information content (AvgIpc) is 2.18. The number of sulfonamides is 1. The van der Waals surface area contributed by atoms with Crippen molar-refractivity contribution in [2.45, 2.75) is 31.3 Å². The maximum Gasteiger partial charge on any atom is 0.244 e. The number of para-hydroxylation sites is 1. The van der Waals surface area contributed by atoms with Gasteiger partial charge in [-0.05, 0) is 32.9 Å². The molecule has 0 fully saturated rings. The summed E-state index contributed by atoms with van der Waals surface area (Å²) in [6.45, 7) is 5.62. The Morgan fingerprint density at radius 1 is 1.22 bits per heavy atom. The Morgan fingerprint density at radius 3 is 2.22 bits per heavy atom. The standard InChI is InChI=1S/C12H20N2O3S/c1-12(2,3)17-9-7-6-8-10(11(9)13)18(15,16)14(4)5/h6-8H,13H2,1-5H3. The van der Waals surface area contributed by atoms with E-state index in [0.717, 1.165) is 4.31 Å². The minimum absolute atomic E-state index is 0.0641. The number of anilines is 1. The van der Waals surface area contributed by atoms with Crippen molar-refractivity contribution in [3.8, 4) is 5.75 Å². The molecule has 0 heterocycles. The molecule has 0 saturated heterocycles. The maximum atomic E-state index is 12.1. The third-order valence-corrected chi connectivity index (χ3v) is 4.07. The van der Waals surface area contributed by atoms with E-state index < -0.39 is 15.6 Å². The van der Waals surface area contributed by atoms with Crippen LogP contribution in [0.4, 0.5) is 5.69 Å². The lowest BCUT2D eigenvalue weighted by Gasteiger charge is -2.23. The summed E-state index contributed by atoms with van der Waals surface area (Å²) in [6.07, 6.45) is 0. The molecule has 0 bridgehead atoms. The molecule has 0 aromatic heterocycles. The third kappa shape index (κ3) is 3.14. The quantitative estimate of drug-likeness (QED) is 0.850. The van der Waals surface area contributed by atoms with E-state index in [1.54, 1.807) is 12.1 Å². The van der Waals surface area contributed by atoms with Gasteiger partial charge in [-0.2, -0.15) is 0 Å². The molecule has 0 atom stereocenters. The van der Waals surface area contributed by atoms with Crippen LogP contribution in [0.3, 0.4) is 0 Å². The van der Waals surface area contributed by atoms with E-state index in [1.807, 2.05) is 20.8 Å². The number of nitrogens with two attached hydrogens (primary N) is 1. The Morgan fingerprint density at radius 2 is 1.78 bits per heavy atom. The van der Waals surface area contributed by atoms with Crippen LogP contribution in [0.25, 0.3) is 0 Å². The molecule has 0 aliphatic heterocycles. The summed E-state index contributed by atoms with van der Waals surface area (Å²) in [6, 6.07) is 4.75. The SMILES string of the molecule is CN(C)S(=O)(=O)c1cccc(OC(C)(C)C)c1N. The molecule has 2 N–H and O–H groups in total. The Balaban J connectivity index is 3.31. The Bertz CT molecular complexity index is 531. The van der Waals surface area contributed by atoms with Crippen molar-refractivity contribution in [2.75, 3.05) is 19.8 Å². The average molecular weight is 272 g/mol. The molecule has 0 spiro atoms. The zero-order chi connectivity index (χ0) is 14.1. The van der Waals surface area contributed by atoms with Crippen molar-refractivity contribution < 1.29 is 13.2 Å². The van der Waals surface area contributed by atoms with E-state index in [1.165, 1.54) is 20.2 Å². The lowest BCUT2D eigenvalue weighted by molar-refractivity contribution is 0.131. The summed E-state index contributed by atoms with van der Waals surface area (Å²) in [5.41, 5.74) is 5.59. The highest BCUT2D eigenvalue weighted by Crippen LogP contribution is 2.32. The number of hydrogen-bond acceptors (Lipinski definition) is 4. The predicted molar refractivity (Wildman–Crippen MR) is 72.1 cm³/mol. The van der Waals surface area contributed by atoms with Crippen LogP contribution in [0.2, 0.25) is 0 Å². The second kappa shape index (κ2) is 4.78. The summed E-state index contributed by atoms with van der Waals surface area (Å²) in [7, 11) is -0.629. The van der Waals surface area contributed by atoms with Gasteiger partial charge in [-0.3, -0.25) is 0 Å². The first kappa shape index (κ1) is 14.8. The molecule has 0 saturated carbocycles. The smallest absolute Gasteiger partial charge is 0.244 e.